The highest BCUT2D eigenvalue weighted by Crippen LogP contribution is 2.70. The van der Waals surface area contributed by atoms with Crippen molar-refractivity contribution >= 4 is 5.97 Å². The molecule has 6 aliphatic rings. The third-order valence-electron chi connectivity index (χ3n) is 12.2. The average molecular weight is 537 g/mol. The summed E-state index contributed by atoms with van der Waals surface area (Å²) in [6.07, 6.45) is 1.60. The second-order valence-electron chi connectivity index (χ2n) is 13.6. The van der Waals surface area contributed by atoms with Gasteiger partial charge in [-0.2, -0.15) is 0 Å². The molecule has 0 radical (unpaired) electrons. The second-order valence-corrected chi connectivity index (χ2v) is 13.6. The maximum atomic E-state index is 12.4. The molecule has 0 aromatic rings. The van der Waals surface area contributed by atoms with Gasteiger partial charge in [0, 0.05) is 11.5 Å². The van der Waals surface area contributed by atoms with Crippen LogP contribution in [0.15, 0.2) is 11.6 Å². The van der Waals surface area contributed by atoms with Crippen molar-refractivity contribution < 1.29 is 44.5 Å². The number of aliphatic hydroxyl groups is 5. The number of fused-ring (bicyclic) bond motifs is 5. The SMILES string of the molecule is C[C@@H]1O[C@@H](O[C@H]2CC[C@@]3(C)[C@H](CC[C@@H]4[C@@H]3C[C@@H](O)[C@]3(C)[C@@H](C5=CC(=O)OC5)CC[C@]43O)C2)[C@H](O)[C@H](O)[C@H]1O. The minimum atomic E-state index is -1.31. The van der Waals surface area contributed by atoms with Gasteiger partial charge in [0.1, 0.15) is 24.9 Å². The highest BCUT2D eigenvalue weighted by atomic mass is 16.7. The molecule has 0 aromatic heterocycles. The molecular weight excluding hydrogens is 492 g/mol. The van der Waals surface area contributed by atoms with E-state index in [1.54, 1.807) is 13.0 Å². The molecule has 1 saturated heterocycles. The Morgan fingerprint density at radius 3 is 2.42 bits per heavy atom. The Balaban J connectivity index is 1.19. The molecule has 0 spiro atoms. The van der Waals surface area contributed by atoms with E-state index in [4.69, 9.17) is 14.2 Å². The summed E-state index contributed by atoms with van der Waals surface area (Å²) in [5.41, 5.74) is -0.864. The first-order chi connectivity index (χ1) is 17.9. The molecule has 5 fully saturated rings. The molecule has 2 aliphatic heterocycles. The van der Waals surface area contributed by atoms with Crippen molar-refractivity contribution in [2.24, 2.45) is 34.5 Å². The van der Waals surface area contributed by atoms with Crippen LogP contribution in [0.3, 0.4) is 0 Å². The molecule has 0 bridgehead atoms. The monoisotopic (exact) mass is 536 g/mol. The minimum absolute atomic E-state index is 0.0559. The predicted octanol–water partition coefficient (Wildman–Crippen LogP) is 1.43. The van der Waals surface area contributed by atoms with Crippen LogP contribution in [0.5, 0.6) is 0 Å². The van der Waals surface area contributed by atoms with E-state index >= 15 is 0 Å². The first-order valence-electron chi connectivity index (χ1n) is 14.5. The van der Waals surface area contributed by atoms with Crippen molar-refractivity contribution in [3.63, 3.8) is 0 Å². The summed E-state index contributed by atoms with van der Waals surface area (Å²) >= 11 is 0. The Morgan fingerprint density at radius 1 is 0.947 bits per heavy atom. The normalized spacial score (nSPS) is 56.5. The van der Waals surface area contributed by atoms with E-state index in [1.165, 1.54) is 0 Å². The van der Waals surface area contributed by atoms with Crippen LogP contribution in [-0.4, -0.2) is 86.6 Å². The van der Waals surface area contributed by atoms with E-state index in [-0.39, 0.29) is 41.8 Å². The van der Waals surface area contributed by atoms with Crippen molar-refractivity contribution in [2.75, 3.05) is 6.61 Å². The first-order valence-corrected chi connectivity index (χ1v) is 14.5. The average Bonchev–Trinajstić information content (AvgIpc) is 3.43. The molecule has 5 N–H and O–H groups in total. The maximum Gasteiger partial charge on any atom is 0.331 e. The molecule has 2 heterocycles. The van der Waals surface area contributed by atoms with Crippen molar-refractivity contribution in [3.05, 3.63) is 11.6 Å². The molecule has 4 saturated carbocycles. The van der Waals surface area contributed by atoms with Crippen molar-refractivity contribution in [3.8, 4) is 0 Å². The zero-order valence-electron chi connectivity index (χ0n) is 22.7. The van der Waals surface area contributed by atoms with Gasteiger partial charge in [0.25, 0.3) is 0 Å². The van der Waals surface area contributed by atoms with E-state index in [0.717, 1.165) is 44.1 Å². The summed E-state index contributed by atoms with van der Waals surface area (Å²) in [5, 5.41) is 54.7. The molecule has 9 nitrogen and oxygen atoms in total. The molecule has 0 aromatic carbocycles. The Labute approximate surface area is 224 Å². The summed E-state index contributed by atoms with van der Waals surface area (Å²) in [6.45, 7) is 6.25. The van der Waals surface area contributed by atoms with Crippen LogP contribution in [0, 0.1) is 34.5 Å². The number of esters is 1. The summed E-state index contributed by atoms with van der Waals surface area (Å²) < 4.78 is 17.1. The van der Waals surface area contributed by atoms with Crippen molar-refractivity contribution in [1.82, 2.24) is 0 Å². The lowest BCUT2D eigenvalue weighted by atomic mass is 9.42. The van der Waals surface area contributed by atoms with Crippen LogP contribution in [0.1, 0.15) is 72.1 Å². The third kappa shape index (κ3) is 3.72. The number of carbonyl (C=O) groups is 1. The fraction of sp³-hybridized carbons (Fsp3) is 0.897. The van der Waals surface area contributed by atoms with Crippen LogP contribution in [0.4, 0.5) is 0 Å². The van der Waals surface area contributed by atoms with E-state index in [1.807, 2.05) is 6.92 Å². The van der Waals surface area contributed by atoms with Crippen LogP contribution >= 0.6 is 0 Å². The minimum Gasteiger partial charge on any atom is -0.458 e. The quantitative estimate of drug-likeness (QED) is 0.267. The molecule has 4 aliphatic carbocycles. The molecule has 0 unspecified atom stereocenters. The lowest BCUT2D eigenvalue weighted by molar-refractivity contribution is -0.311. The standard InChI is InChI=1S/C29H44O9/c1-14-23(32)24(33)25(34)26(37-14)38-17-6-8-27(2)16(11-17)4-5-19-20(27)12-21(30)28(3)18(7-9-29(19,28)35)15-10-22(31)36-13-15/h10,14,16-21,23-26,30,32-35H,4-9,11-13H2,1-3H3/t14-,16+,17-,18+,19+,20-,21+,23-,24+,25+,26-,27-,28-,29-/m0/s1. The molecule has 9 heteroatoms. The number of carbonyl (C=O) groups excluding carboxylic acids is 1. The Kier molecular flexibility index (Phi) is 6.58. The van der Waals surface area contributed by atoms with Crippen LogP contribution in [0.25, 0.3) is 0 Å². The topological polar surface area (TPSA) is 146 Å². The van der Waals surface area contributed by atoms with Gasteiger partial charge in [0.2, 0.25) is 0 Å². The van der Waals surface area contributed by atoms with Crippen LogP contribution in [0.2, 0.25) is 0 Å². The number of rotatable bonds is 3. The van der Waals surface area contributed by atoms with Gasteiger partial charge in [0.05, 0.1) is 23.9 Å². The van der Waals surface area contributed by atoms with Gasteiger partial charge in [-0.05, 0) is 93.0 Å². The van der Waals surface area contributed by atoms with E-state index in [0.29, 0.717) is 18.8 Å². The predicted molar refractivity (Wildman–Crippen MR) is 134 cm³/mol. The fourth-order valence-electron chi connectivity index (χ4n) is 9.79. The number of cyclic esters (lactones) is 1. The Hall–Kier alpha value is -1.07. The van der Waals surface area contributed by atoms with Crippen LogP contribution in [-0.2, 0) is 19.0 Å². The highest BCUT2D eigenvalue weighted by molar-refractivity contribution is 5.85. The van der Waals surface area contributed by atoms with Gasteiger partial charge in [-0.3, -0.25) is 0 Å². The molecule has 0 amide bonds. The Morgan fingerprint density at radius 2 is 1.71 bits per heavy atom. The largest absolute Gasteiger partial charge is 0.458 e. The van der Waals surface area contributed by atoms with Gasteiger partial charge >= 0.3 is 5.97 Å². The van der Waals surface area contributed by atoms with Gasteiger partial charge < -0.3 is 39.7 Å². The van der Waals surface area contributed by atoms with Crippen LogP contribution < -0.4 is 0 Å². The van der Waals surface area contributed by atoms with E-state index < -0.39 is 47.8 Å². The number of ether oxygens (including phenoxy) is 3. The van der Waals surface area contributed by atoms with Crippen molar-refractivity contribution in [2.45, 2.75) is 121 Å². The molecular formula is C29H44O9. The highest BCUT2D eigenvalue weighted by Gasteiger charge is 2.70. The molecule has 38 heavy (non-hydrogen) atoms. The first kappa shape index (κ1) is 27.1. The summed E-state index contributed by atoms with van der Waals surface area (Å²) in [7, 11) is 0. The number of aliphatic hydroxyl groups excluding tert-OH is 4. The smallest absolute Gasteiger partial charge is 0.331 e. The summed E-state index contributed by atoms with van der Waals surface area (Å²) in [5.74, 6) is 0.206. The molecule has 214 valence electrons. The summed E-state index contributed by atoms with van der Waals surface area (Å²) in [4.78, 5) is 11.8. The lowest BCUT2D eigenvalue weighted by Crippen LogP contribution is -2.67. The van der Waals surface area contributed by atoms with Gasteiger partial charge in [-0.1, -0.05) is 13.8 Å². The number of hydrogen-bond donors (Lipinski definition) is 5. The van der Waals surface area contributed by atoms with Gasteiger partial charge in [-0.25, -0.2) is 4.79 Å². The van der Waals surface area contributed by atoms with Crippen molar-refractivity contribution in [1.29, 1.82) is 0 Å². The van der Waals surface area contributed by atoms with Gasteiger partial charge in [0.15, 0.2) is 6.29 Å². The fourth-order valence-corrected chi connectivity index (χ4v) is 9.79. The second kappa shape index (κ2) is 9.23. The zero-order chi connectivity index (χ0) is 27.2. The van der Waals surface area contributed by atoms with E-state index in [2.05, 4.69) is 6.92 Å². The third-order valence-corrected chi connectivity index (χ3v) is 12.2. The lowest BCUT2D eigenvalue weighted by Gasteiger charge is -2.65. The van der Waals surface area contributed by atoms with Gasteiger partial charge in [-0.15, -0.1) is 0 Å². The Bertz CT molecular complexity index is 985. The molecule has 6 rings (SSSR count). The zero-order valence-corrected chi connectivity index (χ0v) is 22.7. The number of hydrogen-bond acceptors (Lipinski definition) is 9. The molecule has 14 atom stereocenters. The van der Waals surface area contributed by atoms with E-state index in [9.17, 15) is 30.3 Å². The maximum absolute atomic E-state index is 12.4. The summed E-state index contributed by atoms with van der Waals surface area (Å²) in [6, 6.07) is 0.